The fourth-order valence-electron chi connectivity index (χ4n) is 1.18. The molecule has 1 N–H and O–H groups in total. The Morgan fingerprint density at radius 3 is 2.77 bits per heavy atom. The molecular formula is C11H19NS. The normalized spacial score (nSPS) is 11.1. The number of hydrogen-bond donors (Lipinski definition) is 1. The zero-order valence-corrected chi connectivity index (χ0v) is 9.58. The Morgan fingerprint density at radius 1 is 1.46 bits per heavy atom. The van der Waals surface area contributed by atoms with E-state index in [1.54, 1.807) is 0 Å². The van der Waals surface area contributed by atoms with Gasteiger partial charge in [-0.25, -0.2) is 0 Å². The molecule has 1 nitrogen and oxygen atoms in total. The van der Waals surface area contributed by atoms with Crippen LogP contribution in [0.3, 0.4) is 0 Å². The molecule has 0 fully saturated rings. The van der Waals surface area contributed by atoms with Crippen LogP contribution in [0.25, 0.3) is 0 Å². The highest BCUT2D eigenvalue weighted by Gasteiger charge is 1.98. The summed E-state index contributed by atoms with van der Waals surface area (Å²) in [4.78, 5) is 1.48. The standard InChI is InChI=1S/C11H19NS/c1-9(2)4-6-12-8-11-10(3)5-7-13-11/h5,7,9,12H,4,6,8H2,1-3H3. The van der Waals surface area contributed by atoms with Crippen molar-refractivity contribution in [2.24, 2.45) is 5.92 Å². The molecule has 0 aliphatic rings. The van der Waals surface area contributed by atoms with Crippen LogP contribution < -0.4 is 5.32 Å². The van der Waals surface area contributed by atoms with Crippen LogP contribution in [0.4, 0.5) is 0 Å². The van der Waals surface area contributed by atoms with E-state index < -0.39 is 0 Å². The number of thiophene rings is 1. The minimum Gasteiger partial charge on any atom is -0.312 e. The SMILES string of the molecule is Cc1ccsc1CNCCC(C)C. The van der Waals surface area contributed by atoms with Crippen molar-refractivity contribution < 1.29 is 0 Å². The summed E-state index contributed by atoms with van der Waals surface area (Å²) in [7, 11) is 0. The van der Waals surface area contributed by atoms with E-state index in [9.17, 15) is 0 Å². The molecule has 0 aromatic carbocycles. The van der Waals surface area contributed by atoms with E-state index in [0.717, 1.165) is 19.0 Å². The number of nitrogens with one attached hydrogen (secondary N) is 1. The highest BCUT2D eigenvalue weighted by atomic mass is 32.1. The van der Waals surface area contributed by atoms with Crippen molar-refractivity contribution in [3.63, 3.8) is 0 Å². The molecule has 2 heteroatoms. The second-order valence-corrected chi connectivity index (χ2v) is 4.89. The van der Waals surface area contributed by atoms with Crippen molar-refractivity contribution in [2.75, 3.05) is 6.54 Å². The first-order chi connectivity index (χ1) is 6.20. The molecule has 13 heavy (non-hydrogen) atoms. The van der Waals surface area contributed by atoms with Gasteiger partial charge in [-0.2, -0.15) is 0 Å². The van der Waals surface area contributed by atoms with Gasteiger partial charge in [0.25, 0.3) is 0 Å². The van der Waals surface area contributed by atoms with Crippen LogP contribution in [0.5, 0.6) is 0 Å². The van der Waals surface area contributed by atoms with Crippen LogP contribution in [-0.2, 0) is 6.54 Å². The van der Waals surface area contributed by atoms with Crippen molar-refractivity contribution in [1.29, 1.82) is 0 Å². The molecule has 0 bridgehead atoms. The molecule has 74 valence electrons. The molecule has 1 aromatic rings. The fraction of sp³-hybridized carbons (Fsp3) is 0.636. The van der Waals surface area contributed by atoms with Crippen LogP contribution in [0.15, 0.2) is 11.4 Å². The zero-order valence-electron chi connectivity index (χ0n) is 8.76. The van der Waals surface area contributed by atoms with Gasteiger partial charge in [0.2, 0.25) is 0 Å². The van der Waals surface area contributed by atoms with Gasteiger partial charge in [0, 0.05) is 11.4 Å². The van der Waals surface area contributed by atoms with Crippen molar-refractivity contribution in [1.82, 2.24) is 5.32 Å². The summed E-state index contributed by atoms with van der Waals surface area (Å²) in [6.07, 6.45) is 1.27. The third kappa shape index (κ3) is 3.92. The minimum atomic E-state index is 0.803. The molecule has 0 saturated carbocycles. The van der Waals surface area contributed by atoms with Gasteiger partial charge in [-0.15, -0.1) is 11.3 Å². The van der Waals surface area contributed by atoms with E-state index in [-0.39, 0.29) is 0 Å². The summed E-state index contributed by atoms with van der Waals surface area (Å²) in [5.41, 5.74) is 1.42. The molecule has 1 aromatic heterocycles. The molecule has 0 radical (unpaired) electrons. The Kier molecular flexibility index (Phi) is 4.46. The maximum absolute atomic E-state index is 3.47. The lowest BCUT2D eigenvalue weighted by molar-refractivity contribution is 0.539. The van der Waals surface area contributed by atoms with Crippen molar-refractivity contribution in [3.8, 4) is 0 Å². The third-order valence-electron chi connectivity index (χ3n) is 2.15. The second-order valence-electron chi connectivity index (χ2n) is 3.89. The molecule has 0 amide bonds. The first-order valence-corrected chi connectivity index (χ1v) is 5.82. The number of rotatable bonds is 5. The van der Waals surface area contributed by atoms with Crippen LogP contribution in [0.1, 0.15) is 30.7 Å². The summed E-state index contributed by atoms with van der Waals surface area (Å²) in [5.74, 6) is 0.803. The molecule has 0 aliphatic carbocycles. The zero-order chi connectivity index (χ0) is 9.68. The van der Waals surface area contributed by atoms with Gasteiger partial charge in [-0.3, -0.25) is 0 Å². The summed E-state index contributed by atoms with van der Waals surface area (Å²) in [5, 5.41) is 5.63. The number of aryl methyl sites for hydroxylation is 1. The predicted octanol–water partition coefficient (Wildman–Crippen LogP) is 3.19. The Balaban J connectivity index is 2.17. The average Bonchev–Trinajstić information content (AvgIpc) is 2.45. The summed E-state index contributed by atoms with van der Waals surface area (Å²) in [6, 6.07) is 2.18. The second kappa shape index (κ2) is 5.40. The van der Waals surface area contributed by atoms with Crippen molar-refractivity contribution >= 4 is 11.3 Å². The van der Waals surface area contributed by atoms with E-state index in [2.05, 4.69) is 37.5 Å². The van der Waals surface area contributed by atoms with E-state index in [1.165, 1.54) is 16.9 Å². The molecule has 1 rings (SSSR count). The monoisotopic (exact) mass is 197 g/mol. The molecule has 0 atom stereocenters. The number of hydrogen-bond acceptors (Lipinski definition) is 2. The smallest absolute Gasteiger partial charge is 0.0302 e. The van der Waals surface area contributed by atoms with E-state index in [4.69, 9.17) is 0 Å². The highest BCUT2D eigenvalue weighted by Crippen LogP contribution is 2.14. The molecule has 0 saturated heterocycles. The molecule has 0 spiro atoms. The van der Waals surface area contributed by atoms with Gasteiger partial charge in [0.1, 0.15) is 0 Å². The fourth-order valence-corrected chi connectivity index (χ4v) is 2.05. The third-order valence-corrected chi connectivity index (χ3v) is 3.18. The first kappa shape index (κ1) is 10.7. The van der Waals surface area contributed by atoms with Gasteiger partial charge in [0.15, 0.2) is 0 Å². The lowest BCUT2D eigenvalue weighted by Crippen LogP contribution is -2.15. The van der Waals surface area contributed by atoms with E-state index in [0.29, 0.717) is 0 Å². The van der Waals surface area contributed by atoms with Gasteiger partial charge < -0.3 is 5.32 Å². The van der Waals surface area contributed by atoms with Crippen LogP contribution >= 0.6 is 11.3 Å². The summed E-state index contributed by atoms with van der Waals surface area (Å²) < 4.78 is 0. The lowest BCUT2D eigenvalue weighted by Gasteiger charge is -2.06. The topological polar surface area (TPSA) is 12.0 Å². The molecular weight excluding hydrogens is 178 g/mol. The van der Waals surface area contributed by atoms with Crippen molar-refractivity contribution in [2.45, 2.75) is 33.7 Å². The highest BCUT2D eigenvalue weighted by molar-refractivity contribution is 7.10. The average molecular weight is 197 g/mol. The quantitative estimate of drug-likeness (QED) is 0.715. The van der Waals surface area contributed by atoms with Gasteiger partial charge in [-0.1, -0.05) is 13.8 Å². The molecule has 0 aliphatic heterocycles. The first-order valence-electron chi connectivity index (χ1n) is 4.94. The van der Waals surface area contributed by atoms with Gasteiger partial charge in [0.05, 0.1) is 0 Å². The van der Waals surface area contributed by atoms with Crippen LogP contribution in [-0.4, -0.2) is 6.54 Å². The summed E-state index contributed by atoms with van der Waals surface area (Å²) in [6.45, 7) is 8.87. The van der Waals surface area contributed by atoms with E-state index in [1.807, 2.05) is 11.3 Å². The van der Waals surface area contributed by atoms with E-state index >= 15 is 0 Å². The summed E-state index contributed by atoms with van der Waals surface area (Å²) >= 11 is 1.85. The largest absolute Gasteiger partial charge is 0.312 e. The van der Waals surface area contributed by atoms with Crippen LogP contribution in [0, 0.1) is 12.8 Å². The van der Waals surface area contributed by atoms with Crippen LogP contribution in [0.2, 0.25) is 0 Å². The predicted molar refractivity (Wildman–Crippen MR) is 60.2 cm³/mol. The Morgan fingerprint density at radius 2 is 2.23 bits per heavy atom. The lowest BCUT2D eigenvalue weighted by atomic mass is 10.1. The Labute approximate surface area is 85.2 Å². The van der Waals surface area contributed by atoms with Gasteiger partial charge >= 0.3 is 0 Å². The molecule has 1 heterocycles. The van der Waals surface area contributed by atoms with Gasteiger partial charge in [-0.05, 0) is 42.8 Å². The maximum atomic E-state index is 3.47. The van der Waals surface area contributed by atoms with Crippen molar-refractivity contribution in [3.05, 3.63) is 21.9 Å². The molecule has 0 unspecified atom stereocenters. The maximum Gasteiger partial charge on any atom is 0.0302 e. The Hall–Kier alpha value is -0.340. The Bertz CT molecular complexity index is 240. The minimum absolute atomic E-state index is 0.803.